The van der Waals surface area contributed by atoms with Crippen LogP contribution in [0.15, 0.2) is 36.7 Å². The fraction of sp³-hybridized carbons (Fsp3) is 0.450. The lowest BCUT2D eigenvalue weighted by molar-refractivity contribution is 0.0948. The fourth-order valence-corrected chi connectivity index (χ4v) is 3.11. The first-order valence-corrected chi connectivity index (χ1v) is 9.33. The van der Waals surface area contributed by atoms with Crippen molar-refractivity contribution in [1.29, 1.82) is 0 Å². The number of carbonyl (C=O) groups is 1. The zero-order valence-corrected chi connectivity index (χ0v) is 16.0. The van der Waals surface area contributed by atoms with Gasteiger partial charge < -0.3 is 19.9 Å². The van der Waals surface area contributed by atoms with E-state index in [1.54, 1.807) is 19.5 Å². The molecule has 1 aliphatic heterocycles. The highest BCUT2D eigenvalue weighted by Crippen LogP contribution is 2.19. The number of rotatable bonds is 7. The van der Waals surface area contributed by atoms with E-state index < -0.39 is 0 Å². The van der Waals surface area contributed by atoms with E-state index in [0.717, 1.165) is 32.6 Å². The van der Waals surface area contributed by atoms with E-state index in [1.807, 2.05) is 0 Å². The molecule has 1 fully saturated rings. The summed E-state index contributed by atoms with van der Waals surface area (Å²) in [4.78, 5) is 25.4. The summed E-state index contributed by atoms with van der Waals surface area (Å²) in [6.45, 7) is 6.89. The second-order valence-electron chi connectivity index (χ2n) is 6.69. The number of nitrogens with zero attached hydrogens (tertiary/aromatic N) is 4. The SMILES string of the molecule is COCCCNC(=O)c1cnc(N2CCN(c3cccc(C)c3)CC2)nc1. The van der Waals surface area contributed by atoms with E-state index >= 15 is 0 Å². The zero-order valence-electron chi connectivity index (χ0n) is 16.0. The van der Waals surface area contributed by atoms with Gasteiger partial charge in [0, 0.05) is 64.5 Å². The van der Waals surface area contributed by atoms with Crippen molar-refractivity contribution < 1.29 is 9.53 Å². The summed E-state index contributed by atoms with van der Waals surface area (Å²) in [5, 5.41) is 2.84. The van der Waals surface area contributed by atoms with Crippen molar-refractivity contribution in [2.45, 2.75) is 13.3 Å². The van der Waals surface area contributed by atoms with Gasteiger partial charge in [0.05, 0.1) is 5.56 Å². The second kappa shape index (κ2) is 9.32. The summed E-state index contributed by atoms with van der Waals surface area (Å²) in [7, 11) is 1.65. The Morgan fingerprint density at radius 2 is 1.85 bits per heavy atom. The lowest BCUT2D eigenvalue weighted by atomic mass is 10.2. The summed E-state index contributed by atoms with van der Waals surface area (Å²) in [6, 6.07) is 8.58. The molecule has 0 atom stereocenters. The molecular weight excluding hydrogens is 342 g/mol. The molecule has 3 rings (SSSR count). The van der Waals surface area contributed by atoms with Crippen LogP contribution in [0.25, 0.3) is 0 Å². The minimum atomic E-state index is -0.151. The minimum Gasteiger partial charge on any atom is -0.385 e. The number of aryl methyl sites for hydroxylation is 1. The van der Waals surface area contributed by atoms with Gasteiger partial charge in [0.15, 0.2) is 0 Å². The fourth-order valence-electron chi connectivity index (χ4n) is 3.11. The van der Waals surface area contributed by atoms with Gasteiger partial charge in [-0.25, -0.2) is 9.97 Å². The standard InChI is InChI=1S/C20H27N5O2/c1-16-5-3-6-18(13-16)24-8-10-25(11-9-24)20-22-14-17(15-23-20)19(26)21-7-4-12-27-2/h3,5-6,13-15H,4,7-12H2,1-2H3,(H,21,26). The third-order valence-corrected chi connectivity index (χ3v) is 4.64. The van der Waals surface area contributed by atoms with E-state index in [1.165, 1.54) is 11.3 Å². The quantitative estimate of drug-likeness (QED) is 0.752. The van der Waals surface area contributed by atoms with Crippen molar-refractivity contribution in [3.05, 3.63) is 47.8 Å². The van der Waals surface area contributed by atoms with E-state index in [0.29, 0.717) is 24.7 Å². The van der Waals surface area contributed by atoms with Gasteiger partial charge in [-0.15, -0.1) is 0 Å². The Morgan fingerprint density at radius 1 is 1.15 bits per heavy atom. The van der Waals surface area contributed by atoms with Gasteiger partial charge in [0.1, 0.15) is 0 Å². The molecule has 2 aromatic rings. The van der Waals surface area contributed by atoms with Crippen LogP contribution in [0.1, 0.15) is 22.3 Å². The second-order valence-corrected chi connectivity index (χ2v) is 6.69. The molecule has 0 aliphatic carbocycles. The van der Waals surface area contributed by atoms with Crippen LogP contribution >= 0.6 is 0 Å². The number of methoxy groups -OCH3 is 1. The highest BCUT2D eigenvalue weighted by Gasteiger charge is 2.19. The lowest BCUT2D eigenvalue weighted by Gasteiger charge is -2.36. The maximum absolute atomic E-state index is 12.1. The maximum Gasteiger partial charge on any atom is 0.254 e. The number of nitrogens with one attached hydrogen (secondary N) is 1. The van der Waals surface area contributed by atoms with Crippen LogP contribution in [0, 0.1) is 6.92 Å². The Bertz CT molecular complexity index is 742. The highest BCUT2D eigenvalue weighted by atomic mass is 16.5. The van der Waals surface area contributed by atoms with E-state index in [4.69, 9.17) is 4.74 Å². The number of hydrogen-bond donors (Lipinski definition) is 1. The smallest absolute Gasteiger partial charge is 0.254 e. The van der Waals surface area contributed by atoms with Crippen LogP contribution in [0.5, 0.6) is 0 Å². The molecule has 7 heteroatoms. The van der Waals surface area contributed by atoms with Crippen LogP contribution in [0.3, 0.4) is 0 Å². The summed E-state index contributed by atoms with van der Waals surface area (Å²) in [5.74, 6) is 0.525. The summed E-state index contributed by atoms with van der Waals surface area (Å²) in [5.41, 5.74) is 3.01. The lowest BCUT2D eigenvalue weighted by Crippen LogP contribution is -2.47. The van der Waals surface area contributed by atoms with Crippen LogP contribution < -0.4 is 15.1 Å². The topological polar surface area (TPSA) is 70.6 Å². The highest BCUT2D eigenvalue weighted by molar-refractivity contribution is 5.93. The number of amides is 1. The van der Waals surface area contributed by atoms with E-state index in [-0.39, 0.29) is 5.91 Å². The molecule has 1 amide bonds. The van der Waals surface area contributed by atoms with E-state index in [9.17, 15) is 4.79 Å². The molecule has 0 unspecified atom stereocenters. The first-order valence-electron chi connectivity index (χ1n) is 9.33. The van der Waals surface area contributed by atoms with Gasteiger partial charge in [0.2, 0.25) is 5.95 Å². The number of hydrogen-bond acceptors (Lipinski definition) is 6. The molecule has 0 spiro atoms. The Labute approximate surface area is 160 Å². The number of ether oxygens (including phenoxy) is 1. The Kier molecular flexibility index (Phi) is 6.59. The molecular formula is C20H27N5O2. The van der Waals surface area contributed by atoms with Gasteiger partial charge in [0.25, 0.3) is 5.91 Å². The van der Waals surface area contributed by atoms with Crippen LogP contribution in [-0.4, -0.2) is 62.3 Å². The van der Waals surface area contributed by atoms with E-state index in [2.05, 4.69) is 56.3 Å². The molecule has 1 aromatic carbocycles. The molecule has 144 valence electrons. The minimum absolute atomic E-state index is 0.151. The molecule has 0 radical (unpaired) electrons. The van der Waals surface area contributed by atoms with Crippen LogP contribution in [0.2, 0.25) is 0 Å². The first-order chi connectivity index (χ1) is 13.2. The first kappa shape index (κ1) is 19.1. The predicted octanol–water partition coefficient (Wildman–Crippen LogP) is 1.88. The number of piperazine rings is 1. The molecule has 1 aliphatic rings. The monoisotopic (exact) mass is 369 g/mol. The normalized spacial score (nSPS) is 14.3. The molecule has 1 aromatic heterocycles. The third-order valence-electron chi connectivity index (χ3n) is 4.64. The third kappa shape index (κ3) is 5.17. The summed E-state index contributed by atoms with van der Waals surface area (Å²) >= 11 is 0. The average Bonchev–Trinajstić information content (AvgIpc) is 2.71. The number of carbonyl (C=O) groups excluding carboxylic acids is 1. The van der Waals surface area contributed by atoms with Gasteiger partial charge >= 0.3 is 0 Å². The van der Waals surface area contributed by atoms with Gasteiger partial charge in [-0.05, 0) is 31.0 Å². The molecule has 7 nitrogen and oxygen atoms in total. The Morgan fingerprint density at radius 3 is 2.52 bits per heavy atom. The van der Waals surface area contributed by atoms with Crippen LogP contribution in [0.4, 0.5) is 11.6 Å². The van der Waals surface area contributed by atoms with Crippen molar-refractivity contribution in [3.8, 4) is 0 Å². The molecule has 0 bridgehead atoms. The largest absolute Gasteiger partial charge is 0.385 e. The molecule has 2 heterocycles. The number of aromatic nitrogens is 2. The molecule has 1 N–H and O–H groups in total. The number of anilines is 2. The van der Waals surface area contributed by atoms with Crippen molar-refractivity contribution in [3.63, 3.8) is 0 Å². The van der Waals surface area contributed by atoms with Crippen molar-refractivity contribution in [2.75, 3.05) is 56.2 Å². The van der Waals surface area contributed by atoms with Gasteiger partial charge in [-0.1, -0.05) is 12.1 Å². The molecule has 0 saturated carbocycles. The summed E-state index contributed by atoms with van der Waals surface area (Å²) in [6.07, 6.45) is 3.98. The maximum atomic E-state index is 12.1. The predicted molar refractivity (Wildman–Crippen MR) is 106 cm³/mol. The Balaban J connectivity index is 1.52. The Hall–Kier alpha value is -2.67. The number of benzene rings is 1. The van der Waals surface area contributed by atoms with Crippen molar-refractivity contribution >= 4 is 17.5 Å². The van der Waals surface area contributed by atoms with Crippen LogP contribution in [-0.2, 0) is 4.74 Å². The molecule has 27 heavy (non-hydrogen) atoms. The van der Waals surface area contributed by atoms with Crippen molar-refractivity contribution in [1.82, 2.24) is 15.3 Å². The van der Waals surface area contributed by atoms with Gasteiger partial charge in [-0.2, -0.15) is 0 Å². The summed E-state index contributed by atoms with van der Waals surface area (Å²) < 4.78 is 4.97. The van der Waals surface area contributed by atoms with Crippen molar-refractivity contribution in [2.24, 2.45) is 0 Å². The van der Waals surface area contributed by atoms with Gasteiger partial charge in [-0.3, -0.25) is 4.79 Å². The zero-order chi connectivity index (χ0) is 19.1. The average molecular weight is 369 g/mol. The molecule has 1 saturated heterocycles.